The second kappa shape index (κ2) is 3.37. The van der Waals surface area contributed by atoms with E-state index in [1.165, 1.54) is 0 Å². The molecule has 2 unspecified atom stereocenters. The quantitative estimate of drug-likeness (QED) is 0.765. The zero-order valence-electron chi connectivity index (χ0n) is 8.73. The van der Waals surface area contributed by atoms with Crippen LogP contribution in [0.4, 0.5) is 0 Å². The van der Waals surface area contributed by atoms with Crippen LogP contribution in [-0.4, -0.2) is 22.0 Å². The van der Waals surface area contributed by atoms with Crippen molar-refractivity contribution in [1.82, 2.24) is 9.78 Å². The number of aromatic nitrogens is 2. The van der Waals surface area contributed by atoms with Crippen LogP contribution in [0, 0.1) is 0 Å². The third kappa shape index (κ3) is 1.55. The van der Waals surface area contributed by atoms with E-state index >= 15 is 0 Å². The van der Waals surface area contributed by atoms with Crippen LogP contribution in [0.3, 0.4) is 0 Å². The summed E-state index contributed by atoms with van der Waals surface area (Å²) in [5.74, 6) is 0. The molecule has 2 rings (SSSR count). The van der Waals surface area contributed by atoms with Gasteiger partial charge in [-0.1, -0.05) is 0 Å². The van der Waals surface area contributed by atoms with Crippen molar-refractivity contribution in [1.29, 1.82) is 0 Å². The van der Waals surface area contributed by atoms with Gasteiger partial charge in [0.25, 0.3) is 0 Å². The Morgan fingerprint density at radius 3 is 3.00 bits per heavy atom. The third-order valence-electron chi connectivity index (χ3n) is 2.96. The lowest BCUT2D eigenvalue weighted by atomic mass is 9.92. The van der Waals surface area contributed by atoms with Gasteiger partial charge in [0.05, 0.1) is 17.3 Å². The molecule has 0 aliphatic carbocycles. The van der Waals surface area contributed by atoms with E-state index in [0.29, 0.717) is 0 Å². The van der Waals surface area contributed by atoms with Gasteiger partial charge in [-0.15, -0.1) is 0 Å². The van der Waals surface area contributed by atoms with Gasteiger partial charge in [0, 0.05) is 19.9 Å². The summed E-state index contributed by atoms with van der Waals surface area (Å²) in [7, 11) is 1.90. The minimum atomic E-state index is -0.228. The van der Waals surface area contributed by atoms with Crippen LogP contribution in [0.1, 0.15) is 31.5 Å². The molecule has 0 aromatic carbocycles. The van der Waals surface area contributed by atoms with E-state index in [1.807, 2.05) is 19.3 Å². The van der Waals surface area contributed by atoms with E-state index in [4.69, 9.17) is 10.5 Å². The van der Waals surface area contributed by atoms with Gasteiger partial charge in [0.15, 0.2) is 0 Å². The number of hydrogen-bond donors (Lipinski definition) is 1. The summed E-state index contributed by atoms with van der Waals surface area (Å²) in [5, 5.41) is 4.31. The smallest absolute Gasteiger partial charge is 0.0863 e. The molecule has 0 radical (unpaired) electrons. The Hall–Kier alpha value is -0.870. The molecule has 0 amide bonds. The largest absolute Gasteiger partial charge is 0.373 e. The monoisotopic (exact) mass is 195 g/mol. The predicted octanol–water partition coefficient (Wildman–Crippen LogP) is 0.989. The molecule has 1 aromatic heterocycles. The summed E-state index contributed by atoms with van der Waals surface area (Å²) in [6, 6.07) is 1.84. The molecule has 2 atom stereocenters. The molecule has 1 aromatic rings. The molecule has 0 spiro atoms. The highest BCUT2D eigenvalue weighted by Crippen LogP contribution is 2.34. The van der Waals surface area contributed by atoms with Crippen LogP contribution >= 0.6 is 0 Å². The summed E-state index contributed by atoms with van der Waals surface area (Å²) < 4.78 is 7.46. The molecule has 2 N–H and O–H groups in total. The molecule has 4 nitrogen and oxygen atoms in total. The molecule has 1 fully saturated rings. The number of ether oxygens (including phenoxy) is 1. The van der Waals surface area contributed by atoms with Crippen molar-refractivity contribution in [2.75, 3.05) is 6.61 Å². The van der Waals surface area contributed by atoms with Crippen molar-refractivity contribution < 1.29 is 4.74 Å². The van der Waals surface area contributed by atoms with E-state index in [-0.39, 0.29) is 11.6 Å². The Morgan fingerprint density at radius 2 is 2.50 bits per heavy atom. The number of nitrogens with two attached hydrogens (primary N) is 1. The fourth-order valence-corrected chi connectivity index (χ4v) is 1.96. The Bertz CT molecular complexity index is 315. The van der Waals surface area contributed by atoms with Gasteiger partial charge in [0.2, 0.25) is 0 Å². The van der Waals surface area contributed by atoms with Crippen LogP contribution in [0.5, 0.6) is 0 Å². The van der Waals surface area contributed by atoms with Gasteiger partial charge in [-0.25, -0.2) is 0 Å². The zero-order valence-corrected chi connectivity index (χ0v) is 8.73. The molecule has 4 heteroatoms. The van der Waals surface area contributed by atoms with Crippen LogP contribution in [-0.2, 0) is 11.8 Å². The summed E-state index contributed by atoms with van der Waals surface area (Å²) in [4.78, 5) is 0. The minimum absolute atomic E-state index is 0.119. The van der Waals surface area contributed by atoms with Gasteiger partial charge in [-0.2, -0.15) is 5.10 Å². The highest BCUT2D eigenvalue weighted by Gasteiger charge is 2.38. The van der Waals surface area contributed by atoms with Crippen molar-refractivity contribution in [2.24, 2.45) is 12.8 Å². The normalized spacial score (nSPS) is 29.4. The first-order valence-corrected chi connectivity index (χ1v) is 5.01. The van der Waals surface area contributed by atoms with Gasteiger partial charge in [-0.05, 0) is 25.8 Å². The summed E-state index contributed by atoms with van der Waals surface area (Å²) in [6.45, 7) is 2.89. The third-order valence-corrected chi connectivity index (χ3v) is 2.96. The Kier molecular flexibility index (Phi) is 2.33. The molecule has 78 valence electrons. The van der Waals surface area contributed by atoms with Gasteiger partial charge < -0.3 is 10.5 Å². The maximum absolute atomic E-state index is 6.15. The van der Waals surface area contributed by atoms with Crippen molar-refractivity contribution in [3.8, 4) is 0 Å². The van der Waals surface area contributed by atoms with Crippen LogP contribution in [0.15, 0.2) is 12.3 Å². The van der Waals surface area contributed by atoms with Crippen LogP contribution < -0.4 is 5.73 Å². The standard InChI is InChI=1S/C10H17N3O/c1-10(5-3-7-14-10)9(11)8-4-6-13(2)12-8/h4,6,9H,3,5,7,11H2,1-2H3. The fraction of sp³-hybridized carbons (Fsp3) is 0.700. The van der Waals surface area contributed by atoms with E-state index in [1.54, 1.807) is 4.68 Å². The molecular weight excluding hydrogens is 178 g/mol. The Balaban J connectivity index is 2.18. The van der Waals surface area contributed by atoms with Crippen LogP contribution in [0.2, 0.25) is 0 Å². The maximum Gasteiger partial charge on any atom is 0.0863 e. The zero-order chi connectivity index (χ0) is 10.2. The lowest BCUT2D eigenvalue weighted by molar-refractivity contribution is -0.00286. The predicted molar refractivity (Wildman–Crippen MR) is 53.7 cm³/mol. The van der Waals surface area contributed by atoms with Crippen molar-refractivity contribution in [2.45, 2.75) is 31.4 Å². The molecule has 1 saturated heterocycles. The fourth-order valence-electron chi connectivity index (χ4n) is 1.96. The van der Waals surface area contributed by atoms with Crippen molar-refractivity contribution in [3.05, 3.63) is 18.0 Å². The molecule has 0 saturated carbocycles. The molecule has 1 aliphatic heterocycles. The second-order valence-corrected chi connectivity index (χ2v) is 4.16. The number of nitrogens with zero attached hydrogens (tertiary/aromatic N) is 2. The molecular formula is C10H17N3O. The molecule has 0 bridgehead atoms. The first kappa shape index (κ1) is 9.68. The second-order valence-electron chi connectivity index (χ2n) is 4.16. The average molecular weight is 195 g/mol. The topological polar surface area (TPSA) is 53.1 Å². The first-order valence-electron chi connectivity index (χ1n) is 5.01. The van der Waals surface area contributed by atoms with E-state index in [0.717, 1.165) is 25.1 Å². The summed E-state index contributed by atoms with van der Waals surface area (Å²) >= 11 is 0. The van der Waals surface area contributed by atoms with Gasteiger partial charge in [0.1, 0.15) is 0 Å². The number of aryl methyl sites for hydroxylation is 1. The van der Waals surface area contributed by atoms with Crippen molar-refractivity contribution >= 4 is 0 Å². The lowest BCUT2D eigenvalue weighted by Crippen LogP contribution is -2.38. The van der Waals surface area contributed by atoms with E-state index in [2.05, 4.69) is 12.0 Å². The number of rotatable bonds is 2. The number of hydrogen-bond acceptors (Lipinski definition) is 3. The lowest BCUT2D eigenvalue weighted by Gasteiger charge is -2.28. The van der Waals surface area contributed by atoms with Gasteiger partial charge >= 0.3 is 0 Å². The van der Waals surface area contributed by atoms with Crippen LogP contribution in [0.25, 0.3) is 0 Å². The Morgan fingerprint density at radius 1 is 1.71 bits per heavy atom. The Labute approximate surface area is 84.0 Å². The molecule has 1 aliphatic rings. The highest BCUT2D eigenvalue weighted by atomic mass is 16.5. The van der Waals surface area contributed by atoms with E-state index < -0.39 is 0 Å². The first-order chi connectivity index (χ1) is 6.62. The SMILES string of the molecule is Cn1ccc(C(N)C2(C)CCCO2)n1. The summed E-state index contributed by atoms with van der Waals surface area (Å²) in [6.07, 6.45) is 4.02. The van der Waals surface area contributed by atoms with E-state index in [9.17, 15) is 0 Å². The minimum Gasteiger partial charge on any atom is -0.373 e. The summed E-state index contributed by atoms with van der Waals surface area (Å²) in [5.41, 5.74) is 6.83. The average Bonchev–Trinajstić information content (AvgIpc) is 2.74. The van der Waals surface area contributed by atoms with Gasteiger partial charge in [-0.3, -0.25) is 4.68 Å². The molecule has 14 heavy (non-hydrogen) atoms. The molecule has 2 heterocycles. The highest BCUT2D eigenvalue weighted by molar-refractivity contribution is 5.11. The van der Waals surface area contributed by atoms with Crippen molar-refractivity contribution in [3.63, 3.8) is 0 Å². The maximum atomic E-state index is 6.15.